The third kappa shape index (κ3) is 2.17. The number of carbonyl (C=O) groups excluding carboxylic acids is 1. The van der Waals surface area contributed by atoms with Crippen LogP contribution in [0.4, 0.5) is 0 Å². The molecule has 7 heteroatoms. The van der Waals surface area contributed by atoms with Crippen LogP contribution >= 0.6 is 11.6 Å². The summed E-state index contributed by atoms with van der Waals surface area (Å²) in [6, 6.07) is 4.23. The van der Waals surface area contributed by atoms with E-state index in [4.69, 9.17) is 16.7 Å². The highest BCUT2D eigenvalue weighted by atomic mass is 35.5. The Morgan fingerprint density at radius 3 is 2.10 bits per heavy atom. The highest BCUT2D eigenvalue weighted by Crippen LogP contribution is 2.43. The molecule has 0 saturated carbocycles. The Morgan fingerprint density at radius 2 is 1.50 bits per heavy atom. The maximum atomic E-state index is 12.2. The highest BCUT2D eigenvalue weighted by molar-refractivity contribution is 6.33. The van der Waals surface area contributed by atoms with Gasteiger partial charge in [-0.05, 0) is 18.2 Å². The second kappa shape index (κ2) is 4.82. The van der Waals surface area contributed by atoms with Crippen LogP contribution in [0.2, 0.25) is 5.02 Å². The van der Waals surface area contributed by atoms with Crippen molar-refractivity contribution in [2.24, 2.45) is 0 Å². The van der Waals surface area contributed by atoms with Gasteiger partial charge in [0.05, 0.1) is 16.1 Å². The molecule has 0 atom stereocenters. The molecule has 2 aromatic carbocycles. The minimum Gasteiger partial charge on any atom is -0.508 e. The Balaban J connectivity index is 2.60. The van der Waals surface area contributed by atoms with E-state index < -0.39 is 34.3 Å². The van der Waals surface area contributed by atoms with Crippen molar-refractivity contribution in [3.05, 3.63) is 40.4 Å². The Kier molecular flexibility index (Phi) is 3.33. The van der Waals surface area contributed by atoms with Crippen molar-refractivity contribution in [2.75, 3.05) is 0 Å². The Hall–Kier alpha value is -2.60. The van der Waals surface area contributed by atoms with E-state index in [1.165, 1.54) is 6.07 Å². The molecule has 0 bridgehead atoms. The standard InChI is InChI=1S/C13H9ClO6/c14-8-4-7(11(18)13(20)12(8)19)10(17)6-2-1-5(15)3-9(6)16/h1-4,15-16,18-20H. The molecule has 0 spiro atoms. The summed E-state index contributed by atoms with van der Waals surface area (Å²) in [5.74, 6) is -4.12. The third-order valence-corrected chi connectivity index (χ3v) is 2.96. The van der Waals surface area contributed by atoms with Gasteiger partial charge in [0.1, 0.15) is 11.5 Å². The van der Waals surface area contributed by atoms with Crippen LogP contribution in [0.15, 0.2) is 24.3 Å². The van der Waals surface area contributed by atoms with E-state index in [-0.39, 0.29) is 16.3 Å². The van der Waals surface area contributed by atoms with Crippen molar-refractivity contribution in [1.29, 1.82) is 0 Å². The summed E-state index contributed by atoms with van der Waals surface area (Å²) in [4.78, 5) is 12.2. The van der Waals surface area contributed by atoms with E-state index in [2.05, 4.69) is 0 Å². The van der Waals surface area contributed by atoms with E-state index in [1.54, 1.807) is 0 Å². The summed E-state index contributed by atoms with van der Waals surface area (Å²) in [7, 11) is 0. The van der Waals surface area contributed by atoms with E-state index >= 15 is 0 Å². The average Bonchev–Trinajstić information content (AvgIpc) is 2.40. The molecule has 20 heavy (non-hydrogen) atoms. The van der Waals surface area contributed by atoms with Crippen LogP contribution in [-0.4, -0.2) is 31.3 Å². The molecule has 5 N–H and O–H groups in total. The molecule has 2 rings (SSSR count). The molecular formula is C13H9ClO6. The van der Waals surface area contributed by atoms with Crippen LogP contribution in [-0.2, 0) is 0 Å². The van der Waals surface area contributed by atoms with Crippen LogP contribution in [0.5, 0.6) is 28.7 Å². The number of phenolic OH excluding ortho intramolecular Hbond substituents is 5. The molecule has 6 nitrogen and oxygen atoms in total. The van der Waals surface area contributed by atoms with Gasteiger partial charge in [0.15, 0.2) is 11.5 Å². The van der Waals surface area contributed by atoms with Crippen molar-refractivity contribution < 1.29 is 30.3 Å². The lowest BCUT2D eigenvalue weighted by Gasteiger charge is -2.09. The number of phenols is 5. The maximum Gasteiger partial charge on any atom is 0.202 e. The molecule has 0 unspecified atom stereocenters. The average molecular weight is 297 g/mol. The fourth-order valence-electron chi connectivity index (χ4n) is 1.65. The topological polar surface area (TPSA) is 118 Å². The lowest BCUT2D eigenvalue weighted by atomic mass is 10.0. The van der Waals surface area contributed by atoms with Gasteiger partial charge in [-0.25, -0.2) is 0 Å². The highest BCUT2D eigenvalue weighted by Gasteiger charge is 2.23. The van der Waals surface area contributed by atoms with Gasteiger partial charge in [-0.2, -0.15) is 0 Å². The van der Waals surface area contributed by atoms with Crippen molar-refractivity contribution >= 4 is 17.4 Å². The van der Waals surface area contributed by atoms with Gasteiger partial charge < -0.3 is 25.5 Å². The molecule has 0 fully saturated rings. The van der Waals surface area contributed by atoms with Crippen LogP contribution in [0.25, 0.3) is 0 Å². The zero-order valence-electron chi connectivity index (χ0n) is 9.83. The molecule has 2 aromatic rings. The first kappa shape index (κ1) is 13.8. The van der Waals surface area contributed by atoms with Crippen LogP contribution in [0.3, 0.4) is 0 Å². The Labute approximate surface area is 117 Å². The zero-order chi connectivity index (χ0) is 15.0. The van der Waals surface area contributed by atoms with Crippen LogP contribution < -0.4 is 0 Å². The number of rotatable bonds is 2. The Bertz CT molecular complexity index is 710. The number of benzene rings is 2. The lowest BCUT2D eigenvalue weighted by Crippen LogP contribution is -2.02. The van der Waals surface area contributed by atoms with Gasteiger partial charge in [0.25, 0.3) is 0 Å². The van der Waals surface area contributed by atoms with E-state index in [0.717, 1.165) is 18.2 Å². The normalized spacial score (nSPS) is 10.4. The summed E-state index contributed by atoms with van der Waals surface area (Å²) < 4.78 is 0. The lowest BCUT2D eigenvalue weighted by molar-refractivity contribution is 0.103. The van der Waals surface area contributed by atoms with Crippen molar-refractivity contribution in [3.63, 3.8) is 0 Å². The molecular weight excluding hydrogens is 288 g/mol. The number of hydrogen-bond acceptors (Lipinski definition) is 6. The van der Waals surface area contributed by atoms with E-state index in [1.807, 2.05) is 0 Å². The van der Waals surface area contributed by atoms with Crippen molar-refractivity contribution in [2.45, 2.75) is 0 Å². The number of halogens is 1. The Morgan fingerprint density at radius 1 is 0.850 bits per heavy atom. The number of ketones is 1. The molecule has 0 aromatic heterocycles. The van der Waals surface area contributed by atoms with E-state index in [9.17, 15) is 25.2 Å². The van der Waals surface area contributed by atoms with Gasteiger partial charge >= 0.3 is 0 Å². The number of hydrogen-bond donors (Lipinski definition) is 5. The minimum absolute atomic E-state index is 0.209. The fourth-order valence-corrected chi connectivity index (χ4v) is 1.85. The predicted octanol–water partition coefficient (Wildman–Crippen LogP) is 2.10. The van der Waals surface area contributed by atoms with Crippen molar-refractivity contribution in [3.8, 4) is 28.7 Å². The van der Waals surface area contributed by atoms with Gasteiger partial charge in [0, 0.05) is 6.07 Å². The summed E-state index contributed by atoms with van der Waals surface area (Å²) in [5, 5.41) is 46.8. The maximum absolute atomic E-state index is 12.2. The van der Waals surface area contributed by atoms with Crippen LogP contribution in [0.1, 0.15) is 15.9 Å². The molecule has 0 heterocycles. The first-order chi connectivity index (χ1) is 9.32. The zero-order valence-corrected chi connectivity index (χ0v) is 10.6. The molecule has 0 amide bonds. The second-order valence-electron chi connectivity index (χ2n) is 3.98. The van der Waals surface area contributed by atoms with Crippen molar-refractivity contribution in [1.82, 2.24) is 0 Å². The SMILES string of the molecule is O=C(c1ccc(O)cc1O)c1cc(Cl)c(O)c(O)c1O. The van der Waals surface area contributed by atoms with Gasteiger partial charge in [-0.1, -0.05) is 11.6 Å². The summed E-state index contributed by atoms with van der Waals surface area (Å²) in [6.07, 6.45) is 0. The molecule has 0 aliphatic rings. The molecule has 0 aliphatic carbocycles. The largest absolute Gasteiger partial charge is 0.508 e. The smallest absolute Gasteiger partial charge is 0.202 e. The van der Waals surface area contributed by atoms with E-state index in [0.29, 0.717) is 0 Å². The predicted molar refractivity (Wildman–Crippen MR) is 69.7 cm³/mol. The second-order valence-corrected chi connectivity index (χ2v) is 4.39. The number of aromatic hydroxyl groups is 5. The quantitative estimate of drug-likeness (QED) is 0.428. The van der Waals surface area contributed by atoms with Gasteiger partial charge in [-0.15, -0.1) is 0 Å². The number of carbonyl (C=O) groups is 1. The minimum atomic E-state index is -0.931. The molecule has 0 saturated heterocycles. The third-order valence-electron chi connectivity index (χ3n) is 2.67. The monoisotopic (exact) mass is 296 g/mol. The molecule has 104 valence electrons. The first-order valence-electron chi connectivity index (χ1n) is 5.33. The first-order valence-corrected chi connectivity index (χ1v) is 5.70. The molecule has 0 radical (unpaired) electrons. The summed E-state index contributed by atoms with van der Waals surface area (Å²) in [6.45, 7) is 0. The van der Waals surface area contributed by atoms with Gasteiger partial charge in [-0.3, -0.25) is 4.79 Å². The molecule has 0 aliphatic heterocycles. The fraction of sp³-hybridized carbons (Fsp3) is 0. The summed E-state index contributed by atoms with van der Waals surface area (Å²) >= 11 is 5.61. The summed E-state index contributed by atoms with van der Waals surface area (Å²) in [5.41, 5.74) is -0.606. The van der Waals surface area contributed by atoms with Gasteiger partial charge in [0.2, 0.25) is 11.5 Å². The van der Waals surface area contributed by atoms with Crippen LogP contribution in [0, 0.1) is 0 Å².